The van der Waals surface area contributed by atoms with Crippen molar-refractivity contribution in [3.8, 4) is 0 Å². The normalized spacial score (nSPS) is 19.0. The molecule has 8 heteroatoms. The highest BCUT2D eigenvalue weighted by atomic mass is 19.4. The molecule has 1 unspecified atom stereocenters. The van der Waals surface area contributed by atoms with Crippen LogP contribution in [0.3, 0.4) is 0 Å². The molecule has 0 aromatic heterocycles. The lowest BCUT2D eigenvalue weighted by molar-refractivity contribution is -0.145. The van der Waals surface area contributed by atoms with Gasteiger partial charge in [0.1, 0.15) is 0 Å². The maximum absolute atomic E-state index is 12.8. The Labute approximate surface area is 142 Å². The topological polar surface area (TPSA) is 66.8 Å². The van der Waals surface area contributed by atoms with Gasteiger partial charge in [-0.2, -0.15) is 13.2 Å². The number of hydrogen-bond acceptors (Lipinski definition) is 3. The standard InChI is InChI=1S/C17H18F3NO4/c1-11(12-3-2-4-13(8-12)17(18,19)20)7-15(22)21-5-6-25-14(10-21)9-16(23)24/h2-4,7-8,14H,5-6,9-10H2,1H3,(H,23,24). The fourth-order valence-electron chi connectivity index (χ4n) is 2.54. The minimum Gasteiger partial charge on any atom is -0.481 e. The van der Waals surface area contributed by atoms with Crippen LogP contribution in [-0.2, 0) is 20.5 Å². The molecule has 0 saturated carbocycles. The molecule has 1 N–H and O–H groups in total. The van der Waals surface area contributed by atoms with Gasteiger partial charge < -0.3 is 14.7 Å². The molecule has 1 aromatic rings. The minimum absolute atomic E-state index is 0.136. The van der Waals surface area contributed by atoms with Crippen molar-refractivity contribution in [1.29, 1.82) is 0 Å². The maximum Gasteiger partial charge on any atom is 0.416 e. The molecule has 1 atom stereocenters. The first-order valence-electron chi connectivity index (χ1n) is 7.65. The highest BCUT2D eigenvalue weighted by molar-refractivity contribution is 5.95. The van der Waals surface area contributed by atoms with Crippen LogP contribution in [0.25, 0.3) is 5.57 Å². The van der Waals surface area contributed by atoms with Crippen molar-refractivity contribution in [2.75, 3.05) is 19.7 Å². The smallest absolute Gasteiger partial charge is 0.416 e. The first-order valence-corrected chi connectivity index (χ1v) is 7.65. The third-order valence-electron chi connectivity index (χ3n) is 3.84. The molecule has 0 radical (unpaired) electrons. The van der Waals surface area contributed by atoms with E-state index in [-0.39, 0.29) is 25.5 Å². The van der Waals surface area contributed by atoms with Crippen molar-refractivity contribution in [2.45, 2.75) is 25.6 Å². The Kier molecular flexibility index (Phi) is 5.84. The van der Waals surface area contributed by atoms with Gasteiger partial charge in [0, 0.05) is 19.2 Å². The van der Waals surface area contributed by atoms with Gasteiger partial charge >= 0.3 is 12.1 Å². The number of halogens is 3. The molecule has 0 spiro atoms. The Hall–Kier alpha value is -2.35. The lowest BCUT2D eigenvalue weighted by Crippen LogP contribution is -2.45. The zero-order chi connectivity index (χ0) is 18.6. The third-order valence-corrected chi connectivity index (χ3v) is 3.84. The highest BCUT2D eigenvalue weighted by Gasteiger charge is 2.30. The number of carboxylic acids is 1. The zero-order valence-corrected chi connectivity index (χ0v) is 13.5. The van der Waals surface area contributed by atoms with E-state index >= 15 is 0 Å². The van der Waals surface area contributed by atoms with E-state index in [4.69, 9.17) is 9.84 Å². The number of aliphatic carboxylic acids is 1. The number of allylic oxidation sites excluding steroid dienone is 1. The van der Waals surface area contributed by atoms with Crippen LogP contribution in [0.4, 0.5) is 13.2 Å². The molecular formula is C17H18F3NO4. The molecule has 136 valence electrons. The summed E-state index contributed by atoms with van der Waals surface area (Å²) in [4.78, 5) is 24.5. The first kappa shape index (κ1) is 19.0. The van der Waals surface area contributed by atoms with Gasteiger partial charge in [-0.25, -0.2) is 0 Å². The lowest BCUT2D eigenvalue weighted by atomic mass is 10.0. The summed E-state index contributed by atoms with van der Waals surface area (Å²) in [7, 11) is 0. The maximum atomic E-state index is 12.8. The molecule has 1 fully saturated rings. The Morgan fingerprint density at radius 2 is 2.12 bits per heavy atom. The number of ether oxygens (including phenoxy) is 1. The monoisotopic (exact) mass is 357 g/mol. The van der Waals surface area contributed by atoms with Crippen LogP contribution in [-0.4, -0.2) is 47.7 Å². The first-order chi connectivity index (χ1) is 11.7. The van der Waals surface area contributed by atoms with Gasteiger partial charge in [-0.15, -0.1) is 0 Å². The van der Waals surface area contributed by atoms with Crippen LogP contribution in [0.5, 0.6) is 0 Å². The molecule has 1 aliphatic rings. The predicted octanol–water partition coefficient (Wildman–Crippen LogP) is 2.81. The quantitative estimate of drug-likeness (QED) is 0.842. The van der Waals surface area contributed by atoms with Gasteiger partial charge in [-0.3, -0.25) is 9.59 Å². The van der Waals surface area contributed by atoms with E-state index < -0.39 is 23.8 Å². The van der Waals surface area contributed by atoms with Crippen molar-refractivity contribution < 1.29 is 32.6 Å². The highest BCUT2D eigenvalue weighted by Crippen LogP contribution is 2.31. The van der Waals surface area contributed by atoms with Crippen LogP contribution in [0.15, 0.2) is 30.3 Å². The largest absolute Gasteiger partial charge is 0.481 e. The molecule has 25 heavy (non-hydrogen) atoms. The predicted molar refractivity (Wildman–Crippen MR) is 83.7 cm³/mol. The van der Waals surface area contributed by atoms with E-state index in [0.29, 0.717) is 17.7 Å². The fraction of sp³-hybridized carbons (Fsp3) is 0.412. The van der Waals surface area contributed by atoms with E-state index in [1.807, 2.05) is 0 Å². The number of nitrogens with zero attached hydrogens (tertiary/aromatic N) is 1. The van der Waals surface area contributed by atoms with Crippen LogP contribution in [0, 0.1) is 0 Å². The summed E-state index contributed by atoms with van der Waals surface area (Å²) in [5, 5.41) is 8.79. The third kappa shape index (κ3) is 5.32. The van der Waals surface area contributed by atoms with Gasteiger partial charge in [0.05, 0.1) is 24.7 Å². The number of hydrogen-bond donors (Lipinski definition) is 1. The Morgan fingerprint density at radius 3 is 2.76 bits per heavy atom. The van der Waals surface area contributed by atoms with Gasteiger partial charge in [-0.1, -0.05) is 12.1 Å². The molecule has 1 aliphatic heterocycles. The summed E-state index contributed by atoms with van der Waals surface area (Å²) < 4.78 is 43.6. The molecule has 1 aromatic carbocycles. The molecule has 1 amide bonds. The molecule has 5 nitrogen and oxygen atoms in total. The second kappa shape index (κ2) is 7.69. The number of carbonyl (C=O) groups excluding carboxylic acids is 1. The Bertz CT molecular complexity index is 685. The summed E-state index contributed by atoms with van der Waals surface area (Å²) in [6.45, 7) is 2.22. The second-order valence-electron chi connectivity index (χ2n) is 5.78. The van der Waals surface area contributed by atoms with E-state index in [1.54, 1.807) is 6.92 Å². The Morgan fingerprint density at radius 1 is 1.40 bits per heavy atom. The van der Waals surface area contributed by atoms with Crippen LogP contribution < -0.4 is 0 Å². The number of morpholine rings is 1. The van der Waals surface area contributed by atoms with E-state index in [0.717, 1.165) is 12.1 Å². The van der Waals surface area contributed by atoms with Crippen molar-refractivity contribution in [1.82, 2.24) is 4.90 Å². The number of amides is 1. The summed E-state index contributed by atoms with van der Waals surface area (Å²) in [5.41, 5.74) is -0.0750. The number of benzene rings is 1. The van der Waals surface area contributed by atoms with E-state index in [1.165, 1.54) is 23.1 Å². The summed E-state index contributed by atoms with van der Waals surface area (Å²) >= 11 is 0. The summed E-state index contributed by atoms with van der Waals surface area (Å²) in [5.74, 6) is -1.40. The van der Waals surface area contributed by atoms with Crippen LogP contribution >= 0.6 is 0 Å². The SMILES string of the molecule is CC(=CC(=O)N1CCOC(CC(=O)O)C1)c1cccc(C(F)(F)F)c1. The molecular weight excluding hydrogens is 339 g/mol. The number of carboxylic acid groups (broad SMARTS) is 1. The van der Waals surface area contributed by atoms with Crippen LogP contribution in [0.1, 0.15) is 24.5 Å². The summed E-state index contributed by atoms with van der Waals surface area (Å²) in [6.07, 6.45) is -3.98. The average Bonchev–Trinajstić information content (AvgIpc) is 2.53. The number of carbonyl (C=O) groups is 2. The second-order valence-corrected chi connectivity index (χ2v) is 5.78. The van der Waals surface area contributed by atoms with Crippen molar-refractivity contribution in [3.05, 3.63) is 41.5 Å². The molecule has 1 heterocycles. The van der Waals surface area contributed by atoms with E-state index in [2.05, 4.69) is 0 Å². The van der Waals surface area contributed by atoms with Crippen molar-refractivity contribution >= 4 is 17.4 Å². The van der Waals surface area contributed by atoms with Crippen molar-refractivity contribution in [2.24, 2.45) is 0 Å². The molecule has 2 rings (SSSR count). The summed E-state index contributed by atoms with van der Waals surface area (Å²) in [6, 6.07) is 4.75. The van der Waals surface area contributed by atoms with Gasteiger partial charge in [0.2, 0.25) is 5.91 Å². The molecule has 0 aliphatic carbocycles. The number of alkyl halides is 3. The molecule has 1 saturated heterocycles. The van der Waals surface area contributed by atoms with E-state index in [9.17, 15) is 22.8 Å². The average molecular weight is 357 g/mol. The molecule has 0 bridgehead atoms. The minimum atomic E-state index is -4.45. The fourth-order valence-corrected chi connectivity index (χ4v) is 2.54. The zero-order valence-electron chi connectivity index (χ0n) is 13.5. The number of rotatable bonds is 4. The van der Waals surface area contributed by atoms with Crippen LogP contribution in [0.2, 0.25) is 0 Å². The van der Waals surface area contributed by atoms with Gasteiger partial charge in [0.15, 0.2) is 0 Å². The lowest BCUT2D eigenvalue weighted by Gasteiger charge is -2.31. The van der Waals surface area contributed by atoms with Gasteiger partial charge in [0.25, 0.3) is 0 Å². The van der Waals surface area contributed by atoms with Gasteiger partial charge in [-0.05, 0) is 30.2 Å². The van der Waals surface area contributed by atoms with Crippen molar-refractivity contribution in [3.63, 3.8) is 0 Å². The Balaban J connectivity index is 2.11.